The second-order valence-corrected chi connectivity index (χ2v) is 7.95. The third-order valence-corrected chi connectivity index (χ3v) is 6.09. The number of nitro groups is 1. The molecule has 2 aromatic rings. The van der Waals surface area contributed by atoms with E-state index < -0.39 is 22.7 Å². The van der Waals surface area contributed by atoms with Crippen LogP contribution in [0.3, 0.4) is 0 Å². The summed E-state index contributed by atoms with van der Waals surface area (Å²) >= 11 is 0. The zero-order valence-corrected chi connectivity index (χ0v) is 19.6. The molecule has 0 bridgehead atoms. The molecule has 0 aliphatic carbocycles. The third-order valence-electron chi connectivity index (χ3n) is 6.09. The number of rotatable bonds is 10. The summed E-state index contributed by atoms with van der Waals surface area (Å²) in [6, 6.07) is 11.4. The summed E-state index contributed by atoms with van der Waals surface area (Å²) in [6.45, 7) is 6.92. The van der Waals surface area contributed by atoms with E-state index in [0.717, 1.165) is 19.6 Å². The molecule has 0 unspecified atom stereocenters. The number of nitrogens with zero attached hydrogens (tertiary/aromatic N) is 3. The lowest BCUT2D eigenvalue weighted by Crippen LogP contribution is -2.33. The number of Topliss-reactive ketones (excluding diaryl/α,β-unsaturated/α-hetero) is 1. The topological polar surface area (TPSA) is 113 Å². The summed E-state index contributed by atoms with van der Waals surface area (Å²) in [4.78, 5) is 40.3. The van der Waals surface area contributed by atoms with Gasteiger partial charge in [-0.2, -0.15) is 0 Å². The van der Waals surface area contributed by atoms with E-state index in [0.29, 0.717) is 29.8 Å². The summed E-state index contributed by atoms with van der Waals surface area (Å²) in [6.07, 6.45) is 0.640. The number of ether oxygens (including phenoxy) is 1. The quantitative estimate of drug-likeness (QED) is 0.186. The van der Waals surface area contributed by atoms with Crippen LogP contribution in [0, 0.1) is 10.1 Å². The summed E-state index contributed by atoms with van der Waals surface area (Å²) < 4.78 is 5.15. The predicted molar refractivity (Wildman–Crippen MR) is 128 cm³/mol. The Morgan fingerprint density at radius 1 is 1.09 bits per heavy atom. The van der Waals surface area contributed by atoms with E-state index in [-0.39, 0.29) is 17.0 Å². The Morgan fingerprint density at radius 3 is 2.24 bits per heavy atom. The molecule has 180 valence electrons. The molecule has 0 aromatic heterocycles. The van der Waals surface area contributed by atoms with Crippen molar-refractivity contribution < 1.29 is 24.4 Å². The Balaban J connectivity index is 2.03. The highest BCUT2D eigenvalue weighted by Crippen LogP contribution is 2.40. The van der Waals surface area contributed by atoms with Gasteiger partial charge in [0.2, 0.25) is 0 Å². The fourth-order valence-corrected chi connectivity index (χ4v) is 4.14. The number of amides is 1. The maximum absolute atomic E-state index is 13.1. The average molecular weight is 468 g/mol. The van der Waals surface area contributed by atoms with Crippen molar-refractivity contribution in [3.8, 4) is 5.75 Å². The van der Waals surface area contributed by atoms with Crippen LogP contribution in [0.15, 0.2) is 54.1 Å². The molecule has 0 saturated carbocycles. The van der Waals surface area contributed by atoms with Gasteiger partial charge in [0.05, 0.1) is 23.6 Å². The molecule has 1 amide bonds. The van der Waals surface area contributed by atoms with Crippen molar-refractivity contribution in [3.63, 3.8) is 0 Å². The highest BCUT2D eigenvalue weighted by Gasteiger charge is 2.45. The molecule has 1 N–H and O–H groups in total. The van der Waals surface area contributed by atoms with Crippen LogP contribution in [-0.4, -0.2) is 64.8 Å². The molecule has 1 fully saturated rings. The molecule has 9 nitrogen and oxygen atoms in total. The molecule has 0 spiro atoms. The van der Waals surface area contributed by atoms with E-state index in [2.05, 4.69) is 18.7 Å². The highest BCUT2D eigenvalue weighted by molar-refractivity contribution is 6.46. The number of carbonyl (C=O) groups is 2. The standard InChI is InChI=1S/C25H29N3O6/c1-4-26(5-2)15-6-16-27-22(17-7-11-19(12-8-17)28(32)33)21(24(30)25(27)31)23(29)18-9-13-20(34-3)14-10-18/h7-14,22,29H,4-6,15-16H2,1-3H3/t22-/m0/s1. The number of benzene rings is 2. The summed E-state index contributed by atoms with van der Waals surface area (Å²) in [5.41, 5.74) is 0.751. The molecule has 3 rings (SSSR count). The van der Waals surface area contributed by atoms with E-state index in [1.165, 1.54) is 36.3 Å². The van der Waals surface area contributed by atoms with Gasteiger partial charge in [0.15, 0.2) is 0 Å². The van der Waals surface area contributed by atoms with Gasteiger partial charge in [0, 0.05) is 24.2 Å². The fourth-order valence-electron chi connectivity index (χ4n) is 4.14. The van der Waals surface area contributed by atoms with Gasteiger partial charge in [-0.05, 0) is 68.0 Å². The van der Waals surface area contributed by atoms with Gasteiger partial charge < -0.3 is 19.6 Å². The lowest BCUT2D eigenvalue weighted by atomic mass is 9.95. The van der Waals surface area contributed by atoms with Gasteiger partial charge in [0.1, 0.15) is 11.5 Å². The molecule has 1 heterocycles. The van der Waals surface area contributed by atoms with Gasteiger partial charge >= 0.3 is 0 Å². The van der Waals surface area contributed by atoms with Crippen molar-refractivity contribution in [1.82, 2.24) is 9.80 Å². The number of methoxy groups -OCH3 is 1. The monoisotopic (exact) mass is 467 g/mol. The first-order chi connectivity index (χ1) is 16.3. The lowest BCUT2D eigenvalue weighted by Gasteiger charge is -2.26. The summed E-state index contributed by atoms with van der Waals surface area (Å²) in [5, 5.41) is 22.2. The summed E-state index contributed by atoms with van der Waals surface area (Å²) in [5.74, 6) is -1.19. The second kappa shape index (κ2) is 10.9. The first-order valence-electron chi connectivity index (χ1n) is 11.2. The number of aliphatic hydroxyl groups is 1. The number of nitro benzene ring substituents is 1. The Kier molecular flexibility index (Phi) is 8.01. The Morgan fingerprint density at radius 2 is 1.71 bits per heavy atom. The lowest BCUT2D eigenvalue weighted by molar-refractivity contribution is -0.384. The van der Waals surface area contributed by atoms with Crippen molar-refractivity contribution >= 4 is 23.1 Å². The molecule has 1 atom stereocenters. The van der Waals surface area contributed by atoms with E-state index in [1.54, 1.807) is 24.3 Å². The first kappa shape index (κ1) is 24.9. The number of ketones is 1. The van der Waals surface area contributed by atoms with E-state index in [1.807, 2.05) is 0 Å². The minimum atomic E-state index is -0.848. The first-order valence-corrected chi connectivity index (χ1v) is 11.2. The normalized spacial score (nSPS) is 17.4. The van der Waals surface area contributed by atoms with Crippen LogP contribution >= 0.6 is 0 Å². The Labute approximate surface area is 198 Å². The maximum Gasteiger partial charge on any atom is 0.295 e. The maximum atomic E-state index is 13.1. The number of likely N-dealkylation sites (tertiary alicyclic amines) is 1. The van der Waals surface area contributed by atoms with Crippen LogP contribution in [0.4, 0.5) is 5.69 Å². The van der Waals surface area contributed by atoms with Crippen molar-refractivity contribution in [2.45, 2.75) is 26.3 Å². The second-order valence-electron chi connectivity index (χ2n) is 7.95. The number of non-ortho nitro benzene ring substituents is 1. The molecule has 1 aliphatic rings. The van der Waals surface area contributed by atoms with Gasteiger partial charge in [-0.25, -0.2) is 0 Å². The van der Waals surface area contributed by atoms with Gasteiger partial charge in [-0.15, -0.1) is 0 Å². The van der Waals surface area contributed by atoms with Crippen molar-refractivity contribution in [2.75, 3.05) is 33.3 Å². The Bertz CT molecular complexity index is 1070. The van der Waals surface area contributed by atoms with Crippen molar-refractivity contribution in [2.24, 2.45) is 0 Å². The average Bonchev–Trinajstić information content (AvgIpc) is 3.11. The molecular weight excluding hydrogens is 438 g/mol. The molecule has 0 radical (unpaired) electrons. The molecule has 1 saturated heterocycles. The van der Waals surface area contributed by atoms with Crippen LogP contribution in [0.5, 0.6) is 5.75 Å². The van der Waals surface area contributed by atoms with Gasteiger partial charge in [0.25, 0.3) is 17.4 Å². The van der Waals surface area contributed by atoms with Gasteiger partial charge in [-0.1, -0.05) is 13.8 Å². The highest BCUT2D eigenvalue weighted by atomic mass is 16.6. The Hall–Kier alpha value is -3.72. The molecular formula is C25H29N3O6. The minimum Gasteiger partial charge on any atom is -0.507 e. The molecule has 34 heavy (non-hydrogen) atoms. The SMILES string of the molecule is CCN(CC)CCCN1C(=O)C(=O)C(=C(O)c2ccc(OC)cc2)[C@@H]1c1ccc([N+](=O)[O-])cc1. The molecule has 9 heteroatoms. The largest absolute Gasteiger partial charge is 0.507 e. The summed E-state index contributed by atoms with van der Waals surface area (Å²) in [7, 11) is 1.52. The van der Waals surface area contributed by atoms with Crippen molar-refractivity contribution in [1.29, 1.82) is 0 Å². The number of carbonyl (C=O) groups excluding carboxylic acids is 2. The zero-order chi connectivity index (χ0) is 24.8. The third kappa shape index (κ3) is 5.09. The number of hydrogen-bond donors (Lipinski definition) is 1. The fraction of sp³-hybridized carbons (Fsp3) is 0.360. The van der Waals surface area contributed by atoms with Crippen molar-refractivity contribution in [3.05, 3.63) is 75.3 Å². The molecule has 1 aliphatic heterocycles. The molecule has 2 aromatic carbocycles. The number of aliphatic hydroxyl groups excluding tert-OH is 1. The zero-order valence-electron chi connectivity index (χ0n) is 19.6. The number of hydrogen-bond acceptors (Lipinski definition) is 7. The van der Waals surface area contributed by atoms with Crippen LogP contribution in [0.25, 0.3) is 5.76 Å². The smallest absolute Gasteiger partial charge is 0.295 e. The van der Waals surface area contributed by atoms with Crippen LogP contribution < -0.4 is 4.74 Å². The van der Waals surface area contributed by atoms with Gasteiger partial charge in [-0.3, -0.25) is 19.7 Å². The van der Waals surface area contributed by atoms with Crippen LogP contribution in [0.1, 0.15) is 37.4 Å². The minimum absolute atomic E-state index is 0.0353. The van der Waals surface area contributed by atoms with E-state index in [4.69, 9.17) is 4.74 Å². The predicted octanol–water partition coefficient (Wildman–Crippen LogP) is 3.76. The van der Waals surface area contributed by atoms with Crippen LogP contribution in [0.2, 0.25) is 0 Å². The van der Waals surface area contributed by atoms with Crippen LogP contribution in [-0.2, 0) is 9.59 Å². The van der Waals surface area contributed by atoms with E-state index >= 15 is 0 Å². The van der Waals surface area contributed by atoms with E-state index in [9.17, 15) is 24.8 Å².